The molecule has 5 rings (SSSR count). The lowest BCUT2D eigenvalue weighted by atomic mass is 9.85. The van der Waals surface area contributed by atoms with Crippen LogP contribution in [0.15, 0.2) is 4.79 Å². The number of aliphatic hydroxyl groups excluding tert-OH is 6. The van der Waals surface area contributed by atoms with Gasteiger partial charge in [-0.25, -0.2) is 4.79 Å². The summed E-state index contributed by atoms with van der Waals surface area (Å²) in [6.07, 6.45) is 18.7. The minimum Gasteiger partial charge on any atom is -0.394 e. The molecule has 1 aromatic rings. The normalized spacial score (nSPS) is 31.1. The van der Waals surface area contributed by atoms with E-state index in [2.05, 4.69) is 17.4 Å². The van der Waals surface area contributed by atoms with Crippen molar-refractivity contribution >= 4 is 0 Å². The first kappa shape index (κ1) is 45.6. The molecule has 2 bridgehead atoms. The summed E-state index contributed by atoms with van der Waals surface area (Å²) >= 11 is 0. The number of epoxide rings is 1. The third-order valence-electron chi connectivity index (χ3n) is 13.3. The third-order valence-corrected chi connectivity index (χ3v) is 13.3. The van der Waals surface area contributed by atoms with Crippen molar-refractivity contribution < 1.29 is 44.8 Å². The van der Waals surface area contributed by atoms with Gasteiger partial charge >= 0.3 is 5.69 Å². The SMILES string of the molecule is CCCCCCCCCCCCCC[C@@H](O)[C@@H](O)[C@H](COC1OC(CO)C(O)C(O)C1O)n1nnn(CCCCCCCCCC[C@H]2C[C@@H]3C[C@H]2[C@H]2O[C@@H]32)c1=O. The fraction of sp³-hybridized carbons (Fsp3) is 0.976. The highest BCUT2D eigenvalue weighted by Crippen LogP contribution is 2.59. The van der Waals surface area contributed by atoms with Gasteiger partial charge in [-0.3, -0.25) is 0 Å². The maximum absolute atomic E-state index is 13.5. The van der Waals surface area contributed by atoms with Gasteiger partial charge in [0.05, 0.1) is 31.5 Å². The molecule has 4 aliphatic rings. The van der Waals surface area contributed by atoms with Crippen molar-refractivity contribution in [1.29, 1.82) is 0 Å². The van der Waals surface area contributed by atoms with Gasteiger partial charge in [-0.2, -0.15) is 9.36 Å². The average molecular weight is 797 g/mol. The fourth-order valence-electron chi connectivity index (χ4n) is 9.76. The summed E-state index contributed by atoms with van der Waals surface area (Å²) in [5.41, 5.74) is -0.553. The lowest BCUT2D eigenvalue weighted by molar-refractivity contribution is -0.304. The van der Waals surface area contributed by atoms with Gasteiger partial charge < -0.3 is 44.8 Å². The van der Waals surface area contributed by atoms with E-state index in [1.165, 1.54) is 101 Å². The molecule has 0 spiro atoms. The summed E-state index contributed by atoms with van der Waals surface area (Å²) in [7, 11) is 0. The van der Waals surface area contributed by atoms with Crippen molar-refractivity contribution in [3.63, 3.8) is 0 Å². The molecule has 2 saturated heterocycles. The molecule has 3 heterocycles. The van der Waals surface area contributed by atoms with Crippen molar-refractivity contribution in [2.45, 2.75) is 229 Å². The molecule has 13 atom stereocenters. The standard InChI is InChI=1S/C42H76N4O10/c1-2-3-4-5-6-7-8-9-10-14-17-20-23-33(48)35(49)32(28-54-41-38(52)37(51)36(50)34(27-47)55-41)46-42(53)45(43-44-46)24-21-18-15-12-11-13-16-19-22-29-25-30-26-31(29)40-39(30)56-40/h29-41,47-52H,2-28H2,1H3/t29-,30+,31+,32-,33+,34?,35-,36?,37?,38?,39-,40+,41?/m0/s1. The summed E-state index contributed by atoms with van der Waals surface area (Å²) in [5, 5.41) is 71.1. The van der Waals surface area contributed by atoms with Crippen molar-refractivity contribution in [2.75, 3.05) is 13.2 Å². The first-order valence-electron chi connectivity index (χ1n) is 22.7. The van der Waals surface area contributed by atoms with Crippen LogP contribution >= 0.6 is 0 Å². The third kappa shape index (κ3) is 13.0. The second-order valence-corrected chi connectivity index (χ2v) is 17.6. The van der Waals surface area contributed by atoms with Gasteiger partial charge in [0.2, 0.25) is 0 Å². The molecule has 14 nitrogen and oxygen atoms in total. The first-order chi connectivity index (χ1) is 27.2. The van der Waals surface area contributed by atoms with Crippen molar-refractivity contribution in [1.82, 2.24) is 19.8 Å². The molecular weight excluding hydrogens is 720 g/mol. The average Bonchev–Trinajstić information content (AvgIpc) is 3.63. The van der Waals surface area contributed by atoms with Crippen molar-refractivity contribution in [3.05, 3.63) is 10.5 Å². The molecular formula is C42H76N4O10. The van der Waals surface area contributed by atoms with Gasteiger partial charge in [0.15, 0.2) is 6.29 Å². The van der Waals surface area contributed by atoms with E-state index in [0.29, 0.717) is 31.6 Å². The van der Waals surface area contributed by atoms with Crippen molar-refractivity contribution in [3.8, 4) is 0 Å². The number of unbranched alkanes of at least 4 members (excludes halogenated alkanes) is 18. The van der Waals surface area contributed by atoms with Gasteiger partial charge in [0.25, 0.3) is 0 Å². The Bertz CT molecular complexity index is 1280. The number of aromatic nitrogens is 4. The first-order valence-corrected chi connectivity index (χ1v) is 22.7. The highest BCUT2D eigenvalue weighted by Gasteiger charge is 2.62. The lowest BCUT2D eigenvalue weighted by Gasteiger charge is -2.40. The molecule has 0 amide bonds. The maximum atomic E-state index is 13.5. The number of aryl methyl sites for hydroxylation is 1. The maximum Gasteiger partial charge on any atom is 0.364 e. The lowest BCUT2D eigenvalue weighted by Crippen LogP contribution is -2.59. The van der Waals surface area contributed by atoms with E-state index in [1.807, 2.05) is 0 Å². The molecule has 2 saturated carbocycles. The number of fused-ring (bicyclic) bond motifs is 5. The number of rotatable bonds is 31. The zero-order valence-electron chi connectivity index (χ0n) is 34.2. The number of ether oxygens (including phenoxy) is 3. The van der Waals surface area contributed by atoms with E-state index in [9.17, 15) is 35.4 Å². The zero-order valence-corrected chi connectivity index (χ0v) is 34.2. The monoisotopic (exact) mass is 797 g/mol. The molecule has 0 radical (unpaired) electrons. The van der Waals surface area contributed by atoms with Crippen LogP contribution < -0.4 is 5.69 Å². The van der Waals surface area contributed by atoms with Crippen LogP contribution in [0.3, 0.4) is 0 Å². The van der Waals surface area contributed by atoms with Gasteiger partial charge in [0.1, 0.15) is 36.6 Å². The molecule has 14 heteroatoms. The van der Waals surface area contributed by atoms with Crippen LogP contribution in [-0.4, -0.2) is 119 Å². The Morgan fingerprint density at radius 3 is 1.95 bits per heavy atom. The van der Waals surface area contributed by atoms with E-state index in [1.54, 1.807) is 0 Å². The Morgan fingerprint density at radius 2 is 1.34 bits per heavy atom. The second kappa shape index (κ2) is 23.9. The summed E-state index contributed by atoms with van der Waals surface area (Å²) in [6, 6.07) is -1.18. The molecule has 4 fully saturated rings. The van der Waals surface area contributed by atoms with E-state index in [4.69, 9.17) is 14.2 Å². The quantitative estimate of drug-likeness (QED) is 0.0453. The van der Waals surface area contributed by atoms with Gasteiger partial charge in [0, 0.05) is 6.54 Å². The number of hydrogen-bond acceptors (Lipinski definition) is 12. The number of tetrazole rings is 1. The highest BCUT2D eigenvalue weighted by atomic mass is 16.7. The van der Waals surface area contributed by atoms with Gasteiger partial charge in [-0.1, -0.05) is 135 Å². The van der Waals surface area contributed by atoms with Crippen LogP contribution in [0.25, 0.3) is 0 Å². The van der Waals surface area contributed by atoms with Crippen LogP contribution in [0.1, 0.15) is 167 Å². The van der Waals surface area contributed by atoms with Gasteiger partial charge in [-0.15, -0.1) is 0 Å². The molecule has 1 aromatic heterocycles. The second-order valence-electron chi connectivity index (χ2n) is 17.6. The van der Waals surface area contributed by atoms with E-state index >= 15 is 0 Å². The molecule has 56 heavy (non-hydrogen) atoms. The van der Waals surface area contributed by atoms with Gasteiger partial charge in [-0.05, 0) is 53.9 Å². The molecule has 2 aliphatic carbocycles. The zero-order chi connectivity index (χ0) is 39.9. The van der Waals surface area contributed by atoms with Crippen LogP contribution in [0, 0.1) is 17.8 Å². The largest absolute Gasteiger partial charge is 0.394 e. The molecule has 5 unspecified atom stereocenters. The predicted octanol–water partition coefficient (Wildman–Crippen LogP) is 4.54. The summed E-state index contributed by atoms with van der Waals surface area (Å²) in [5.74, 6) is 2.60. The molecule has 2 aliphatic heterocycles. The number of nitrogens with zero attached hydrogens (tertiary/aromatic N) is 4. The Balaban J connectivity index is 1.02. The summed E-state index contributed by atoms with van der Waals surface area (Å²) in [6.45, 7) is 1.55. The number of aliphatic hydroxyl groups is 6. The van der Waals surface area contributed by atoms with E-state index in [0.717, 1.165) is 67.4 Å². The fourth-order valence-corrected chi connectivity index (χ4v) is 9.76. The molecule has 0 aromatic carbocycles. The topological polar surface area (TPSA) is 205 Å². The van der Waals surface area contributed by atoms with E-state index in [-0.39, 0.29) is 0 Å². The number of hydrogen-bond donors (Lipinski definition) is 6. The Hall–Kier alpha value is -1.49. The van der Waals surface area contributed by atoms with Crippen LogP contribution in [-0.2, 0) is 20.8 Å². The minimum atomic E-state index is -1.66. The van der Waals surface area contributed by atoms with E-state index < -0.39 is 67.9 Å². The Labute approximate surface area is 334 Å². The minimum absolute atomic E-state index is 0.315. The van der Waals surface area contributed by atoms with Crippen LogP contribution in [0.4, 0.5) is 0 Å². The van der Waals surface area contributed by atoms with Crippen LogP contribution in [0.2, 0.25) is 0 Å². The Morgan fingerprint density at radius 1 is 0.732 bits per heavy atom. The summed E-state index contributed by atoms with van der Waals surface area (Å²) < 4.78 is 19.3. The smallest absolute Gasteiger partial charge is 0.364 e. The van der Waals surface area contributed by atoms with Crippen LogP contribution in [0.5, 0.6) is 0 Å². The Kier molecular flexibility index (Phi) is 19.5. The highest BCUT2D eigenvalue weighted by molar-refractivity contribution is 5.10. The molecule has 6 N–H and O–H groups in total. The van der Waals surface area contributed by atoms with Crippen molar-refractivity contribution in [2.24, 2.45) is 17.8 Å². The predicted molar refractivity (Wildman–Crippen MR) is 211 cm³/mol. The summed E-state index contributed by atoms with van der Waals surface area (Å²) in [4.78, 5) is 13.5. The molecule has 324 valence electrons.